The van der Waals surface area contributed by atoms with Crippen molar-refractivity contribution in [3.05, 3.63) is 42.2 Å². The molecule has 0 unspecified atom stereocenters. The highest BCUT2D eigenvalue weighted by atomic mass is 16.1. The van der Waals surface area contributed by atoms with Crippen LogP contribution < -0.4 is 5.32 Å². The molecule has 1 aromatic carbocycles. The van der Waals surface area contributed by atoms with Gasteiger partial charge >= 0.3 is 0 Å². The van der Waals surface area contributed by atoms with Crippen molar-refractivity contribution in [1.29, 1.82) is 0 Å². The van der Waals surface area contributed by atoms with E-state index in [1.807, 2.05) is 24.3 Å². The maximum Gasteiger partial charge on any atom is 0.221 e. The maximum absolute atomic E-state index is 11.0. The molecule has 0 aliphatic carbocycles. The number of para-hydroxylation sites is 1. The number of carbonyl (C=O) groups is 1. The number of hydrogen-bond acceptors (Lipinski definition) is 3. The van der Waals surface area contributed by atoms with E-state index >= 15 is 0 Å². The second kappa shape index (κ2) is 4.57. The molecule has 0 bridgehead atoms. The van der Waals surface area contributed by atoms with Crippen molar-refractivity contribution in [2.45, 2.75) is 13.5 Å². The number of anilines is 1. The number of nitrogens with zero attached hydrogens (tertiary/aromatic N) is 3. The molecule has 0 radical (unpaired) electrons. The average molecular weight is 216 g/mol. The molecule has 0 saturated carbocycles. The third-order valence-corrected chi connectivity index (χ3v) is 2.13. The van der Waals surface area contributed by atoms with Gasteiger partial charge in [0.25, 0.3) is 0 Å². The molecule has 5 nitrogen and oxygen atoms in total. The third-order valence-electron chi connectivity index (χ3n) is 2.13. The van der Waals surface area contributed by atoms with Gasteiger partial charge in [0.15, 0.2) is 0 Å². The van der Waals surface area contributed by atoms with Crippen LogP contribution in [0, 0.1) is 0 Å². The first-order valence-corrected chi connectivity index (χ1v) is 4.95. The maximum atomic E-state index is 11.0. The highest BCUT2D eigenvalue weighted by molar-refractivity contribution is 5.89. The number of carbonyl (C=O) groups excluding carboxylic acids is 1. The summed E-state index contributed by atoms with van der Waals surface area (Å²) in [5, 5.41) is 10.4. The highest BCUT2D eigenvalue weighted by Crippen LogP contribution is 2.15. The van der Waals surface area contributed by atoms with Gasteiger partial charge in [-0.15, -0.1) is 5.10 Å². The molecular weight excluding hydrogens is 204 g/mol. The minimum atomic E-state index is -0.0777. The minimum absolute atomic E-state index is 0.0777. The fraction of sp³-hybridized carbons (Fsp3) is 0.182. The Morgan fingerprint density at radius 1 is 1.44 bits per heavy atom. The molecule has 5 heteroatoms. The average Bonchev–Trinajstić information content (AvgIpc) is 2.73. The van der Waals surface area contributed by atoms with Gasteiger partial charge in [0.2, 0.25) is 5.91 Å². The number of amides is 1. The Bertz CT molecular complexity index is 478. The first-order valence-electron chi connectivity index (χ1n) is 4.95. The van der Waals surface area contributed by atoms with Crippen molar-refractivity contribution in [3.63, 3.8) is 0 Å². The fourth-order valence-electron chi connectivity index (χ4n) is 1.46. The molecule has 0 aliphatic rings. The molecule has 0 atom stereocenters. The Morgan fingerprint density at radius 2 is 2.25 bits per heavy atom. The van der Waals surface area contributed by atoms with E-state index in [9.17, 15) is 4.79 Å². The Morgan fingerprint density at radius 3 is 2.94 bits per heavy atom. The van der Waals surface area contributed by atoms with Crippen LogP contribution in [0.15, 0.2) is 36.7 Å². The van der Waals surface area contributed by atoms with Gasteiger partial charge in [0.1, 0.15) is 0 Å². The second-order valence-corrected chi connectivity index (χ2v) is 3.44. The molecule has 82 valence electrons. The largest absolute Gasteiger partial charge is 0.326 e. The lowest BCUT2D eigenvalue weighted by Crippen LogP contribution is -2.10. The van der Waals surface area contributed by atoms with Crippen LogP contribution in [-0.4, -0.2) is 20.9 Å². The number of benzene rings is 1. The lowest BCUT2D eigenvalue weighted by atomic mass is 10.2. The second-order valence-electron chi connectivity index (χ2n) is 3.44. The van der Waals surface area contributed by atoms with Gasteiger partial charge in [-0.05, 0) is 11.6 Å². The summed E-state index contributed by atoms with van der Waals surface area (Å²) in [6.45, 7) is 2.09. The quantitative estimate of drug-likeness (QED) is 0.840. The van der Waals surface area contributed by atoms with Crippen molar-refractivity contribution in [3.8, 4) is 0 Å². The Hall–Kier alpha value is -2.17. The number of aromatic nitrogens is 3. The summed E-state index contributed by atoms with van der Waals surface area (Å²) >= 11 is 0. The van der Waals surface area contributed by atoms with Crippen molar-refractivity contribution in [1.82, 2.24) is 15.0 Å². The van der Waals surface area contributed by atoms with Gasteiger partial charge in [-0.2, -0.15) is 0 Å². The van der Waals surface area contributed by atoms with E-state index in [1.165, 1.54) is 6.92 Å². The monoisotopic (exact) mass is 216 g/mol. The zero-order chi connectivity index (χ0) is 11.4. The summed E-state index contributed by atoms with van der Waals surface area (Å²) in [6, 6.07) is 7.63. The normalized spacial score (nSPS) is 10.1. The summed E-state index contributed by atoms with van der Waals surface area (Å²) in [4.78, 5) is 11.0. The zero-order valence-corrected chi connectivity index (χ0v) is 8.92. The first-order chi connectivity index (χ1) is 7.75. The van der Waals surface area contributed by atoms with Crippen LogP contribution in [0.25, 0.3) is 0 Å². The molecule has 0 fully saturated rings. The van der Waals surface area contributed by atoms with Crippen LogP contribution in [-0.2, 0) is 11.3 Å². The SMILES string of the molecule is CC(=O)Nc1ccccc1Cn1ccnn1. The molecular formula is C11H12N4O. The van der Waals surface area contributed by atoms with Crippen molar-refractivity contribution >= 4 is 11.6 Å². The molecule has 16 heavy (non-hydrogen) atoms. The van der Waals surface area contributed by atoms with Crippen LogP contribution in [0.2, 0.25) is 0 Å². The van der Waals surface area contributed by atoms with Gasteiger partial charge in [-0.25, -0.2) is 4.68 Å². The summed E-state index contributed by atoms with van der Waals surface area (Å²) < 4.78 is 1.71. The van der Waals surface area contributed by atoms with Crippen LogP contribution in [0.3, 0.4) is 0 Å². The molecule has 0 saturated heterocycles. The standard InChI is InChI=1S/C11H12N4O/c1-9(16)13-11-5-3-2-4-10(11)8-15-7-6-12-14-15/h2-7H,8H2,1H3,(H,13,16). The van der Waals surface area contributed by atoms with E-state index in [0.29, 0.717) is 6.54 Å². The van der Waals surface area contributed by atoms with Gasteiger partial charge < -0.3 is 5.32 Å². The number of rotatable bonds is 3. The van der Waals surface area contributed by atoms with E-state index in [2.05, 4.69) is 15.6 Å². The minimum Gasteiger partial charge on any atom is -0.326 e. The Labute approximate surface area is 93.1 Å². The molecule has 0 aliphatic heterocycles. The molecule has 1 heterocycles. The Kier molecular flexibility index (Phi) is 2.95. The highest BCUT2D eigenvalue weighted by Gasteiger charge is 2.03. The van der Waals surface area contributed by atoms with Crippen LogP contribution >= 0.6 is 0 Å². The molecule has 2 aromatic rings. The molecule has 2 rings (SSSR count). The molecule has 0 spiro atoms. The lowest BCUT2D eigenvalue weighted by molar-refractivity contribution is -0.114. The van der Waals surface area contributed by atoms with E-state index < -0.39 is 0 Å². The summed E-state index contributed by atoms with van der Waals surface area (Å²) in [7, 11) is 0. The lowest BCUT2D eigenvalue weighted by Gasteiger charge is -2.09. The summed E-state index contributed by atoms with van der Waals surface area (Å²) in [5.74, 6) is -0.0777. The van der Waals surface area contributed by atoms with Crippen molar-refractivity contribution < 1.29 is 4.79 Å². The third kappa shape index (κ3) is 2.44. The zero-order valence-electron chi connectivity index (χ0n) is 8.92. The number of nitrogens with one attached hydrogen (secondary N) is 1. The molecule has 1 N–H and O–H groups in total. The fourth-order valence-corrected chi connectivity index (χ4v) is 1.46. The van der Waals surface area contributed by atoms with Gasteiger partial charge in [0, 0.05) is 18.8 Å². The van der Waals surface area contributed by atoms with Crippen LogP contribution in [0.5, 0.6) is 0 Å². The van der Waals surface area contributed by atoms with Gasteiger partial charge in [-0.1, -0.05) is 23.4 Å². The van der Waals surface area contributed by atoms with E-state index in [-0.39, 0.29) is 5.91 Å². The topological polar surface area (TPSA) is 59.8 Å². The van der Waals surface area contributed by atoms with Crippen LogP contribution in [0.4, 0.5) is 5.69 Å². The van der Waals surface area contributed by atoms with Crippen molar-refractivity contribution in [2.75, 3.05) is 5.32 Å². The molecule has 1 aromatic heterocycles. The van der Waals surface area contributed by atoms with E-state index in [0.717, 1.165) is 11.3 Å². The van der Waals surface area contributed by atoms with Gasteiger partial charge in [0.05, 0.1) is 12.7 Å². The van der Waals surface area contributed by atoms with Crippen molar-refractivity contribution in [2.24, 2.45) is 0 Å². The predicted octanol–water partition coefficient (Wildman–Crippen LogP) is 1.28. The smallest absolute Gasteiger partial charge is 0.221 e. The molecule has 1 amide bonds. The van der Waals surface area contributed by atoms with Crippen LogP contribution in [0.1, 0.15) is 12.5 Å². The first kappa shape index (κ1) is 10.4. The Balaban J connectivity index is 2.22. The summed E-state index contributed by atoms with van der Waals surface area (Å²) in [6.07, 6.45) is 3.41. The predicted molar refractivity (Wildman–Crippen MR) is 59.9 cm³/mol. The van der Waals surface area contributed by atoms with E-state index in [4.69, 9.17) is 0 Å². The van der Waals surface area contributed by atoms with E-state index in [1.54, 1.807) is 17.1 Å². The van der Waals surface area contributed by atoms with Gasteiger partial charge in [-0.3, -0.25) is 4.79 Å². The summed E-state index contributed by atoms with van der Waals surface area (Å²) in [5.41, 5.74) is 1.81. The number of hydrogen-bond donors (Lipinski definition) is 1.